The molecule has 0 bridgehead atoms. The molecule has 0 aromatic carbocycles. The van der Waals surface area contributed by atoms with Crippen molar-refractivity contribution in [2.24, 2.45) is 0 Å². The zero-order valence-corrected chi connectivity index (χ0v) is 11.3. The number of fused-ring (bicyclic) bond motifs is 1. The van der Waals surface area contributed by atoms with Gasteiger partial charge in [0, 0.05) is 24.4 Å². The van der Waals surface area contributed by atoms with E-state index in [9.17, 15) is 5.11 Å². The first-order valence-electron chi connectivity index (χ1n) is 7.03. The van der Waals surface area contributed by atoms with Gasteiger partial charge in [0.1, 0.15) is 0 Å². The fraction of sp³-hybridized carbons (Fsp3) is 1.00. The molecule has 0 saturated carbocycles. The largest absolute Gasteiger partial charge is 0.388 e. The van der Waals surface area contributed by atoms with Gasteiger partial charge in [-0.3, -0.25) is 0 Å². The SMILES string of the molecule is O[C@]1(CN[C@@H]2CCN3CCC[C@@H]3C2)CCSC1. The van der Waals surface area contributed by atoms with Gasteiger partial charge in [-0.15, -0.1) is 0 Å². The Kier molecular flexibility index (Phi) is 3.67. The van der Waals surface area contributed by atoms with Gasteiger partial charge in [0.05, 0.1) is 5.60 Å². The summed E-state index contributed by atoms with van der Waals surface area (Å²) in [5.74, 6) is 2.04. The molecule has 3 heterocycles. The Balaban J connectivity index is 1.46. The molecule has 0 aliphatic carbocycles. The highest BCUT2D eigenvalue weighted by Gasteiger charge is 2.35. The van der Waals surface area contributed by atoms with Crippen molar-refractivity contribution in [2.45, 2.75) is 49.8 Å². The molecule has 0 aromatic heterocycles. The zero-order valence-electron chi connectivity index (χ0n) is 10.5. The van der Waals surface area contributed by atoms with Crippen LogP contribution in [0.15, 0.2) is 0 Å². The molecule has 98 valence electrons. The molecule has 3 aliphatic rings. The van der Waals surface area contributed by atoms with E-state index in [1.807, 2.05) is 11.8 Å². The fourth-order valence-electron chi connectivity index (χ4n) is 3.48. The van der Waals surface area contributed by atoms with Crippen LogP contribution in [0.3, 0.4) is 0 Å². The summed E-state index contributed by atoms with van der Waals surface area (Å²) in [6, 6.07) is 1.47. The van der Waals surface area contributed by atoms with Crippen LogP contribution in [0, 0.1) is 0 Å². The first kappa shape index (κ1) is 12.3. The standard InChI is InChI=1S/C13H24N2OS/c16-13(4-7-17-10-13)9-14-11-3-6-15-5-1-2-12(15)8-11/h11-12,14,16H,1-10H2/t11-,12-,13+/m1/s1. The summed E-state index contributed by atoms with van der Waals surface area (Å²) in [6.45, 7) is 3.38. The number of nitrogens with zero attached hydrogens (tertiary/aromatic N) is 1. The molecule has 3 nitrogen and oxygen atoms in total. The molecular weight excluding hydrogens is 232 g/mol. The number of hydrogen-bond acceptors (Lipinski definition) is 4. The smallest absolute Gasteiger partial charge is 0.0869 e. The maximum atomic E-state index is 10.3. The second kappa shape index (κ2) is 5.08. The maximum absolute atomic E-state index is 10.3. The fourth-order valence-corrected chi connectivity index (χ4v) is 4.77. The Hall–Kier alpha value is 0.230. The van der Waals surface area contributed by atoms with Crippen molar-refractivity contribution in [3.63, 3.8) is 0 Å². The minimum atomic E-state index is -0.419. The first-order valence-corrected chi connectivity index (χ1v) is 8.18. The lowest BCUT2D eigenvalue weighted by atomic mass is 9.96. The summed E-state index contributed by atoms with van der Waals surface area (Å²) >= 11 is 1.88. The summed E-state index contributed by atoms with van der Waals surface area (Å²) in [5.41, 5.74) is -0.419. The van der Waals surface area contributed by atoms with Crippen LogP contribution in [0.25, 0.3) is 0 Å². The zero-order chi connectivity index (χ0) is 11.7. The predicted octanol–water partition coefficient (Wildman–Crippen LogP) is 1.07. The first-order chi connectivity index (χ1) is 8.25. The molecule has 3 atom stereocenters. The van der Waals surface area contributed by atoms with Crippen LogP contribution >= 0.6 is 11.8 Å². The van der Waals surface area contributed by atoms with Crippen molar-refractivity contribution in [1.82, 2.24) is 10.2 Å². The van der Waals surface area contributed by atoms with Crippen molar-refractivity contribution in [1.29, 1.82) is 0 Å². The molecule has 3 fully saturated rings. The molecule has 0 amide bonds. The lowest BCUT2D eigenvalue weighted by Crippen LogP contribution is -2.50. The van der Waals surface area contributed by atoms with Gasteiger partial charge in [-0.2, -0.15) is 11.8 Å². The molecule has 3 saturated heterocycles. The Morgan fingerprint density at radius 2 is 2.29 bits per heavy atom. The average Bonchev–Trinajstić information content (AvgIpc) is 2.95. The lowest BCUT2D eigenvalue weighted by Gasteiger charge is -2.36. The third kappa shape index (κ3) is 2.80. The van der Waals surface area contributed by atoms with Crippen molar-refractivity contribution in [2.75, 3.05) is 31.1 Å². The molecule has 0 radical (unpaired) electrons. The van der Waals surface area contributed by atoms with E-state index in [2.05, 4.69) is 10.2 Å². The van der Waals surface area contributed by atoms with Crippen LogP contribution in [0.5, 0.6) is 0 Å². The van der Waals surface area contributed by atoms with Crippen LogP contribution in [0.1, 0.15) is 32.1 Å². The van der Waals surface area contributed by atoms with E-state index in [1.165, 1.54) is 38.8 Å². The Bertz CT molecular complexity index is 268. The highest BCUT2D eigenvalue weighted by Crippen LogP contribution is 2.29. The van der Waals surface area contributed by atoms with E-state index >= 15 is 0 Å². The van der Waals surface area contributed by atoms with Gasteiger partial charge >= 0.3 is 0 Å². The molecule has 2 N–H and O–H groups in total. The topological polar surface area (TPSA) is 35.5 Å². The van der Waals surface area contributed by atoms with Crippen LogP contribution in [0.4, 0.5) is 0 Å². The summed E-state index contributed by atoms with van der Waals surface area (Å²) in [6.07, 6.45) is 6.30. The van der Waals surface area contributed by atoms with E-state index in [-0.39, 0.29) is 0 Å². The van der Waals surface area contributed by atoms with Gasteiger partial charge in [0.15, 0.2) is 0 Å². The van der Waals surface area contributed by atoms with Gasteiger partial charge in [-0.25, -0.2) is 0 Å². The van der Waals surface area contributed by atoms with Crippen molar-refractivity contribution >= 4 is 11.8 Å². The van der Waals surface area contributed by atoms with Gasteiger partial charge in [0.25, 0.3) is 0 Å². The van der Waals surface area contributed by atoms with Crippen LogP contribution in [-0.2, 0) is 0 Å². The molecule has 17 heavy (non-hydrogen) atoms. The van der Waals surface area contributed by atoms with Crippen molar-refractivity contribution in [3.05, 3.63) is 0 Å². The third-order valence-electron chi connectivity index (χ3n) is 4.62. The number of aliphatic hydroxyl groups is 1. The Morgan fingerprint density at radius 1 is 1.35 bits per heavy atom. The molecule has 0 spiro atoms. The predicted molar refractivity (Wildman–Crippen MR) is 72.5 cm³/mol. The molecule has 0 unspecified atom stereocenters. The Labute approximate surface area is 108 Å². The van der Waals surface area contributed by atoms with Crippen LogP contribution in [0.2, 0.25) is 0 Å². The van der Waals surface area contributed by atoms with E-state index < -0.39 is 5.60 Å². The van der Waals surface area contributed by atoms with Gasteiger partial charge < -0.3 is 15.3 Å². The normalized spacial score (nSPS) is 42.9. The number of rotatable bonds is 3. The summed E-state index contributed by atoms with van der Waals surface area (Å²) in [7, 11) is 0. The number of hydrogen-bond donors (Lipinski definition) is 2. The maximum Gasteiger partial charge on any atom is 0.0869 e. The van der Waals surface area contributed by atoms with Gasteiger partial charge in [0.2, 0.25) is 0 Å². The molecule has 3 rings (SSSR count). The molecular formula is C13H24N2OS. The second-order valence-corrected chi connectivity index (χ2v) is 7.07. The summed E-state index contributed by atoms with van der Waals surface area (Å²) in [4.78, 5) is 2.65. The van der Waals surface area contributed by atoms with Gasteiger partial charge in [-0.1, -0.05) is 0 Å². The quantitative estimate of drug-likeness (QED) is 0.792. The summed E-state index contributed by atoms with van der Waals surface area (Å²) < 4.78 is 0. The summed E-state index contributed by atoms with van der Waals surface area (Å²) in [5, 5.41) is 13.9. The van der Waals surface area contributed by atoms with Crippen LogP contribution < -0.4 is 5.32 Å². The highest BCUT2D eigenvalue weighted by atomic mass is 32.2. The lowest BCUT2D eigenvalue weighted by molar-refractivity contribution is 0.0586. The average molecular weight is 256 g/mol. The van der Waals surface area contributed by atoms with Crippen molar-refractivity contribution in [3.8, 4) is 0 Å². The highest BCUT2D eigenvalue weighted by molar-refractivity contribution is 7.99. The number of thioether (sulfide) groups is 1. The van der Waals surface area contributed by atoms with Crippen molar-refractivity contribution < 1.29 is 5.11 Å². The number of piperidine rings is 1. The van der Waals surface area contributed by atoms with E-state index in [1.54, 1.807) is 0 Å². The van der Waals surface area contributed by atoms with E-state index in [4.69, 9.17) is 0 Å². The van der Waals surface area contributed by atoms with Crippen LogP contribution in [-0.4, -0.2) is 58.8 Å². The third-order valence-corrected chi connectivity index (χ3v) is 5.86. The molecule has 4 heteroatoms. The molecule has 0 aromatic rings. The monoisotopic (exact) mass is 256 g/mol. The Morgan fingerprint density at radius 3 is 3.12 bits per heavy atom. The minimum Gasteiger partial charge on any atom is -0.388 e. The second-order valence-electron chi connectivity index (χ2n) is 5.96. The van der Waals surface area contributed by atoms with E-state index in [0.717, 1.165) is 30.5 Å². The van der Waals surface area contributed by atoms with E-state index in [0.29, 0.717) is 6.04 Å². The van der Waals surface area contributed by atoms with Gasteiger partial charge in [-0.05, 0) is 50.9 Å². The minimum absolute atomic E-state index is 0.419. The molecule has 3 aliphatic heterocycles. The number of nitrogens with one attached hydrogen (secondary N) is 1.